The predicted octanol–water partition coefficient (Wildman–Crippen LogP) is 4.40. The van der Waals surface area contributed by atoms with Crippen LogP contribution in [0.15, 0.2) is 57.0 Å². The van der Waals surface area contributed by atoms with E-state index in [-0.39, 0.29) is 5.91 Å². The summed E-state index contributed by atoms with van der Waals surface area (Å²) in [4.78, 5) is 12.8. The number of amides is 1. The van der Waals surface area contributed by atoms with E-state index in [1.54, 1.807) is 28.7 Å². The number of hydrogen-bond donors (Lipinski definition) is 1. The zero-order chi connectivity index (χ0) is 14.5. The SMILES string of the molecule is O=C(C=Cc1ccsc1)NCc1ccc(-c2cccs2)o1. The van der Waals surface area contributed by atoms with Gasteiger partial charge in [-0.15, -0.1) is 11.3 Å². The van der Waals surface area contributed by atoms with Gasteiger partial charge >= 0.3 is 0 Å². The molecule has 0 bridgehead atoms. The summed E-state index contributed by atoms with van der Waals surface area (Å²) >= 11 is 3.23. The average Bonchev–Trinajstić information content (AvgIpc) is 3.24. The smallest absolute Gasteiger partial charge is 0.244 e. The zero-order valence-electron chi connectivity index (χ0n) is 11.1. The Kier molecular flexibility index (Phi) is 4.33. The molecule has 1 amide bonds. The molecule has 3 rings (SSSR count). The van der Waals surface area contributed by atoms with Crippen molar-refractivity contribution in [2.75, 3.05) is 0 Å². The van der Waals surface area contributed by atoms with E-state index < -0.39 is 0 Å². The first-order valence-corrected chi connectivity index (χ1v) is 8.24. The molecule has 0 aliphatic heterocycles. The van der Waals surface area contributed by atoms with Crippen LogP contribution in [0, 0.1) is 0 Å². The second kappa shape index (κ2) is 6.56. The van der Waals surface area contributed by atoms with Gasteiger partial charge in [-0.1, -0.05) is 6.07 Å². The van der Waals surface area contributed by atoms with Gasteiger partial charge in [-0.25, -0.2) is 0 Å². The maximum atomic E-state index is 11.7. The van der Waals surface area contributed by atoms with Crippen molar-refractivity contribution in [1.82, 2.24) is 5.32 Å². The largest absolute Gasteiger partial charge is 0.458 e. The number of carbonyl (C=O) groups is 1. The van der Waals surface area contributed by atoms with Crippen LogP contribution in [0.1, 0.15) is 11.3 Å². The van der Waals surface area contributed by atoms with E-state index in [9.17, 15) is 4.79 Å². The summed E-state index contributed by atoms with van der Waals surface area (Å²) in [6, 6.07) is 9.77. The van der Waals surface area contributed by atoms with Gasteiger partial charge in [0.25, 0.3) is 0 Å². The van der Waals surface area contributed by atoms with Crippen molar-refractivity contribution in [3.05, 3.63) is 63.9 Å². The Bertz CT molecular complexity index is 724. The van der Waals surface area contributed by atoms with Crippen molar-refractivity contribution in [3.8, 4) is 10.6 Å². The molecule has 0 spiro atoms. The molecule has 21 heavy (non-hydrogen) atoms. The summed E-state index contributed by atoms with van der Waals surface area (Å²) in [6.45, 7) is 0.387. The van der Waals surface area contributed by atoms with E-state index in [1.165, 1.54) is 6.08 Å². The van der Waals surface area contributed by atoms with Crippen molar-refractivity contribution >= 4 is 34.7 Å². The molecule has 0 aliphatic rings. The van der Waals surface area contributed by atoms with Crippen molar-refractivity contribution in [3.63, 3.8) is 0 Å². The molecule has 3 heterocycles. The Balaban J connectivity index is 1.54. The van der Waals surface area contributed by atoms with Gasteiger partial charge in [-0.3, -0.25) is 4.79 Å². The van der Waals surface area contributed by atoms with E-state index in [4.69, 9.17) is 4.42 Å². The highest BCUT2D eigenvalue weighted by atomic mass is 32.1. The molecule has 1 N–H and O–H groups in total. The van der Waals surface area contributed by atoms with Crippen molar-refractivity contribution in [2.24, 2.45) is 0 Å². The van der Waals surface area contributed by atoms with Crippen LogP contribution >= 0.6 is 22.7 Å². The number of rotatable bonds is 5. The van der Waals surface area contributed by atoms with E-state index in [0.717, 1.165) is 22.0 Å². The summed E-state index contributed by atoms with van der Waals surface area (Å²) in [6.07, 6.45) is 3.33. The molecule has 3 nitrogen and oxygen atoms in total. The monoisotopic (exact) mass is 315 g/mol. The molecule has 0 aliphatic carbocycles. The molecule has 0 fully saturated rings. The van der Waals surface area contributed by atoms with Crippen LogP contribution in [-0.2, 0) is 11.3 Å². The molecule has 0 saturated carbocycles. The second-order valence-corrected chi connectivity index (χ2v) is 6.08. The van der Waals surface area contributed by atoms with Crippen LogP contribution in [-0.4, -0.2) is 5.91 Å². The highest BCUT2D eigenvalue weighted by molar-refractivity contribution is 7.13. The summed E-state index contributed by atoms with van der Waals surface area (Å²) in [5.41, 5.74) is 1.04. The topological polar surface area (TPSA) is 42.2 Å². The van der Waals surface area contributed by atoms with Crippen LogP contribution in [0.4, 0.5) is 0 Å². The Morgan fingerprint density at radius 1 is 1.24 bits per heavy atom. The fraction of sp³-hybridized carbons (Fsp3) is 0.0625. The Morgan fingerprint density at radius 3 is 2.95 bits per heavy atom. The normalized spacial score (nSPS) is 11.0. The Hall–Kier alpha value is -2.11. The zero-order valence-corrected chi connectivity index (χ0v) is 12.7. The van der Waals surface area contributed by atoms with Crippen LogP contribution in [0.5, 0.6) is 0 Å². The Morgan fingerprint density at radius 2 is 2.19 bits per heavy atom. The molecule has 106 valence electrons. The van der Waals surface area contributed by atoms with Crippen molar-refractivity contribution in [1.29, 1.82) is 0 Å². The summed E-state index contributed by atoms with van der Waals surface area (Å²) in [5, 5.41) is 8.78. The quantitative estimate of drug-likeness (QED) is 0.709. The lowest BCUT2D eigenvalue weighted by molar-refractivity contribution is -0.116. The number of furan rings is 1. The van der Waals surface area contributed by atoms with Crippen LogP contribution in [0.3, 0.4) is 0 Å². The first kappa shape index (κ1) is 13.9. The molecule has 0 radical (unpaired) electrons. The molecular formula is C16H13NO2S2. The van der Waals surface area contributed by atoms with Gasteiger partial charge in [-0.2, -0.15) is 11.3 Å². The molecule has 0 saturated heterocycles. The lowest BCUT2D eigenvalue weighted by atomic mass is 10.3. The van der Waals surface area contributed by atoms with Gasteiger partial charge in [0.2, 0.25) is 5.91 Å². The van der Waals surface area contributed by atoms with Crippen molar-refractivity contribution < 1.29 is 9.21 Å². The van der Waals surface area contributed by atoms with Gasteiger partial charge in [-0.05, 0) is 52.0 Å². The first-order chi connectivity index (χ1) is 10.3. The number of nitrogens with one attached hydrogen (secondary N) is 1. The number of thiophene rings is 2. The van der Waals surface area contributed by atoms with E-state index in [1.807, 2.05) is 46.5 Å². The standard InChI is InChI=1S/C16H13NO2S2/c18-16(6-3-12-7-9-20-11-12)17-10-13-4-5-14(19-13)15-2-1-8-21-15/h1-9,11H,10H2,(H,17,18). The number of hydrogen-bond acceptors (Lipinski definition) is 4. The lowest BCUT2D eigenvalue weighted by Gasteiger charge is -1.98. The van der Waals surface area contributed by atoms with Gasteiger partial charge in [0.1, 0.15) is 11.5 Å². The molecule has 0 unspecified atom stereocenters. The molecule has 3 aromatic rings. The second-order valence-electron chi connectivity index (χ2n) is 4.35. The summed E-state index contributed by atoms with van der Waals surface area (Å²) in [7, 11) is 0. The predicted molar refractivity (Wildman–Crippen MR) is 87.2 cm³/mol. The highest BCUT2D eigenvalue weighted by Crippen LogP contribution is 2.26. The van der Waals surface area contributed by atoms with Gasteiger partial charge < -0.3 is 9.73 Å². The summed E-state index contributed by atoms with van der Waals surface area (Å²) in [5.74, 6) is 1.45. The highest BCUT2D eigenvalue weighted by Gasteiger charge is 2.06. The minimum absolute atomic E-state index is 0.129. The third kappa shape index (κ3) is 3.71. The maximum Gasteiger partial charge on any atom is 0.244 e. The maximum absolute atomic E-state index is 11.7. The third-order valence-electron chi connectivity index (χ3n) is 2.83. The van der Waals surface area contributed by atoms with Crippen molar-refractivity contribution in [2.45, 2.75) is 6.54 Å². The minimum atomic E-state index is -0.129. The lowest BCUT2D eigenvalue weighted by Crippen LogP contribution is -2.19. The van der Waals surface area contributed by atoms with E-state index in [0.29, 0.717) is 6.54 Å². The molecule has 0 aromatic carbocycles. The summed E-state index contributed by atoms with van der Waals surface area (Å²) < 4.78 is 5.70. The fourth-order valence-electron chi connectivity index (χ4n) is 1.80. The Labute approximate surface area is 130 Å². The third-order valence-corrected chi connectivity index (χ3v) is 4.42. The molecular weight excluding hydrogens is 302 g/mol. The average molecular weight is 315 g/mol. The van der Waals surface area contributed by atoms with E-state index >= 15 is 0 Å². The molecule has 5 heteroatoms. The fourth-order valence-corrected chi connectivity index (χ4v) is 3.11. The van der Waals surface area contributed by atoms with Gasteiger partial charge in [0.05, 0.1) is 11.4 Å². The van der Waals surface area contributed by atoms with E-state index in [2.05, 4.69) is 5.32 Å². The van der Waals surface area contributed by atoms with Crippen LogP contribution in [0.2, 0.25) is 0 Å². The number of carbonyl (C=O) groups excluding carboxylic acids is 1. The van der Waals surface area contributed by atoms with Gasteiger partial charge in [0.15, 0.2) is 0 Å². The minimum Gasteiger partial charge on any atom is -0.458 e. The molecule has 0 atom stereocenters. The first-order valence-electron chi connectivity index (χ1n) is 6.42. The van der Waals surface area contributed by atoms with Crippen LogP contribution < -0.4 is 5.32 Å². The van der Waals surface area contributed by atoms with Crippen LogP contribution in [0.25, 0.3) is 16.7 Å². The van der Waals surface area contributed by atoms with Gasteiger partial charge in [0, 0.05) is 6.08 Å². The molecule has 3 aromatic heterocycles.